The molecule has 0 aromatic heterocycles. The van der Waals surface area contributed by atoms with Gasteiger partial charge in [0.25, 0.3) is 24.1 Å². The van der Waals surface area contributed by atoms with E-state index < -0.39 is 12.0 Å². The highest BCUT2D eigenvalue weighted by molar-refractivity contribution is 6.21. The number of hydrogen-bond donors (Lipinski definition) is 3. The van der Waals surface area contributed by atoms with Gasteiger partial charge in [-0.15, -0.1) is 0 Å². The van der Waals surface area contributed by atoms with Crippen LogP contribution in [0.15, 0.2) is 127 Å². The van der Waals surface area contributed by atoms with Crippen LogP contribution in [0.4, 0.5) is 8.78 Å². The fraction of sp³-hybridized carbons (Fsp3) is 0.549. The van der Waals surface area contributed by atoms with Crippen LogP contribution in [0, 0.1) is 0 Å². The molecule has 14 rings (SSSR count). The predicted molar refractivity (Wildman–Crippen MR) is 480 cm³/mol. The van der Waals surface area contributed by atoms with E-state index >= 15 is 0 Å². The molecule has 0 radical (unpaired) electrons. The number of aryl methyl sites for hydroxylation is 1. The lowest BCUT2D eigenvalue weighted by molar-refractivity contribution is -0.149. The molecule has 0 saturated carbocycles. The van der Waals surface area contributed by atoms with Crippen LogP contribution in [0.5, 0.6) is 0 Å². The van der Waals surface area contributed by atoms with Crippen molar-refractivity contribution in [1.29, 1.82) is 0 Å². The number of nitrogens with zero attached hydrogens (tertiary/aromatic N) is 6. The third-order valence-corrected chi connectivity index (χ3v) is 24.8. The molecule has 0 fully saturated rings. The van der Waals surface area contributed by atoms with E-state index in [0.717, 1.165) is 44.1 Å². The fourth-order valence-corrected chi connectivity index (χ4v) is 17.1. The van der Waals surface area contributed by atoms with Crippen molar-refractivity contribution in [3.05, 3.63) is 244 Å². The lowest BCUT2D eigenvalue weighted by Crippen LogP contribution is -2.51. The Bertz CT molecular complexity index is 4500. The summed E-state index contributed by atoms with van der Waals surface area (Å²) < 4.78 is 24.7. The predicted octanol–water partition coefficient (Wildman–Crippen LogP) is 20.0. The number of halogens is 2. The van der Waals surface area contributed by atoms with E-state index in [2.05, 4.69) is 289 Å². The lowest BCUT2D eigenvalue weighted by atomic mass is 9.77. The number of imide groups is 1. The number of nitrogens with one attached hydrogen (secondary N) is 1. The topological polar surface area (TPSA) is 140 Å². The molecule has 2 aliphatic carbocycles. The second-order valence-corrected chi connectivity index (χ2v) is 38.4. The van der Waals surface area contributed by atoms with Crippen LogP contribution in [0.1, 0.15) is 320 Å². The molecule has 117 heavy (non-hydrogen) atoms. The number of benzene rings is 7. The van der Waals surface area contributed by atoms with Crippen LogP contribution in [-0.4, -0.2) is 161 Å². The summed E-state index contributed by atoms with van der Waals surface area (Å²) in [6.45, 7) is 52.1. The van der Waals surface area contributed by atoms with Gasteiger partial charge in [0, 0.05) is 75.3 Å². The van der Waals surface area contributed by atoms with Crippen molar-refractivity contribution in [3.63, 3.8) is 0 Å². The Morgan fingerprint density at radius 3 is 1.30 bits per heavy atom. The van der Waals surface area contributed by atoms with Gasteiger partial charge in [-0.1, -0.05) is 247 Å². The average Bonchev–Trinajstić information content (AvgIpc) is 1.80. The molecule has 7 aliphatic rings. The Labute approximate surface area is 703 Å². The van der Waals surface area contributed by atoms with E-state index in [9.17, 15) is 33.1 Å². The van der Waals surface area contributed by atoms with Crippen molar-refractivity contribution in [2.75, 3.05) is 74.1 Å². The largest absolute Gasteiger partial charge is 0.387 e. The molecule has 638 valence electrons. The summed E-state index contributed by atoms with van der Waals surface area (Å²) in [5.74, 6) is 2.80. The van der Waals surface area contributed by atoms with Crippen molar-refractivity contribution in [1.82, 2.24) is 34.7 Å². The molecule has 3 N–H and O–H groups in total. The molecule has 7 aromatic carbocycles. The highest BCUT2D eigenvalue weighted by Gasteiger charge is 2.39. The zero-order chi connectivity index (χ0) is 86.5. The van der Waals surface area contributed by atoms with E-state index in [-0.39, 0.29) is 42.2 Å². The zero-order valence-corrected chi connectivity index (χ0v) is 76.1. The minimum atomic E-state index is -2.23. The van der Waals surface area contributed by atoms with Crippen molar-refractivity contribution in [2.45, 2.75) is 293 Å². The van der Waals surface area contributed by atoms with Crippen LogP contribution >= 0.6 is 0 Å². The SMILES string of the molecule is CC(C)c1ccc2c(c1)C(=O)NC2=O.CC(C)c1ccc2c(c1)CC(N(C)C)C2.CC(C)c1ccc2c(c1)CCC(N(C)C)C2.CC(C)c1ccc2c(c1)CN(C(=O)C(C)(C)O)CC2(C)C.CC(C)c1ccc2c(c1)CN(C(=O)CO)CC2.CC(C)c1ccc2c(c1)CN(CC(F)F)CC2.CCN1Cc2cc(C(C)C)ccc2C(C)(C)C1. The third kappa shape index (κ3) is 25.7. The molecule has 2 unspecified atom stereocenters. The minimum absolute atomic E-state index is 0.0933. The summed E-state index contributed by atoms with van der Waals surface area (Å²) in [5.41, 5.74) is 26.3. The maximum atomic E-state index is 12.4. The summed E-state index contributed by atoms with van der Waals surface area (Å²) in [6, 6.07) is 47.7. The van der Waals surface area contributed by atoms with E-state index in [0.29, 0.717) is 96.7 Å². The number of aliphatic hydroxyl groups excluding tert-OH is 1. The maximum Gasteiger partial charge on any atom is 0.258 e. The first-order valence-electron chi connectivity index (χ1n) is 43.6. The van der Waals surface area contributed by atoms with Gasteiger partial charge in [0.05, 0.1) is 17.7 Å². The Kier molecular flexibility index (Phi) is 33.6. The highest BCUT2D eigenvalue weighted by Crippen LogP contribution is 2.39. The molecule has 13 nitrogen and oxygen atoms in total. The summed E-state index contributed by atoms with van der Waals surface area (Å²) in [6.07, 6.45) is 5.77. The van der Waals surface area contributed by atoms with Gasteiger partial charge in [-0.2, -0.15) is 0 Å². The van der Waals surface area contributed by atoms with Gasteiger partial charge in [0.15, 0.2) is 0 Å². The number of amides is 4. The van der Waals surface area contributed by atoms with Crippen molar-refractivity contribution >= 4 is 23.6 Å². The molecule has 4 amide bonds. The van der Waals surface area contributed by atoms with Crippen LogP contribution in [0.3, 0.4) is 0 Å². The first-order chi connectivity index (χ1) is 54.9. The molecule has 0 spiro atoms. The quantitative estimate of drug-likeness (QED) is 0.0902. The Hall–Kier alpha value is -7.76. The smallest absolute Gasteiger partial charge is 0.258 e. The van der Waals surface area contributed by atoms with E-state index in [1.54, 1.807) is 63.6 Å². The van der Waals surface area contributed by atoms with Gasteiger partial charge in [-0.05, 0) is 253 Å². The van der Waals surface area contributed by atoms with Gasteiger partial charge < -0.3 is 29.8 Å². The van der Waals surface area contributed by atoms with Crippen LogP contribution in [-0.2, 0) is 85.1 Å². The second kappa shape index (κ2) is 41.5. The minimum Gasteiger partial charge on any atom is -0.387 e. The summed E-state index contributed by atoms with van der Waals surface area (Å²) in [4.78, 5) is 59.0. The van der Waals surface area contributed by atoms with Gasteiger partial charge in [0.1, 0.15) is 12.2 Å². The first-order valence-corrected chi connectivity index (χ1v) is 43.6. The highest BCUT2D eigenvalue weighted by atomic mass is 19.3. The number of rotatable bonds is 14. The van der Waals surface area contributed by atoms with Crippen LogP contribution in [0.25, 0.3) is 0 Å². The number of hydrogen-bond acceptors (Lipinski definition) is 10. The second-order valence-electron chi connectivity index (χ2n) is 38.4. The van der Waals surface area contributed by atoms with Crippen molar-refractivity contribution in [3.8, 4) is 0 Å². The normalized spacial score (nSPS) is 17.7. The summed E-state index contributed by atoms with van der Waals surface area (Å²) in [7, 11) is 8.75. The zero-order valence-electron chi connectivity index (χ0n) is 76.1. The molecule has 0 bridgehead atoms. The number of carbonyl (C=O) groups is 4. The molecular weight excluding hydrogens is 1460 g/mol. The number of aliphatic hydroxyl groups is 2. The van der Waals surface area contributed by atoms with Gasteiger partial charge in [0.2, 0.25) is 5.91 Å². The lowest BCUT2D eigenvalue weighted by Gasteiger charge is -2.42. The number of likely N-dealkylation sites (N-methyl/N-ethyl adjacent to an activating group) is 3. The van der Waals surface area contributed by atoms with Crippen molar-refractivity contribution < 1.29 is 38.2 Å². The molecular formula is C102H145F2N7O6. The molecule has 0 saturated heterocycles. The standard InChI is InChI=1S/C18H27NO2.C16H25N.C15H23N.C14H19F2N.C14H19NO2.C14H21N.C11H11NO2/c1-12(2)13-7-8-15-14(9-13)10-19(11-17(15,3)4)16(20)18(5,6)21;1-6-17-10-14-9-13(12(2)3)7-8-15(14)16(4,5)11-17;1-11(2)12-5-6-14-10-15(16(3)4)8-7-13(14)9-12;1-10(2)12-4-3-11-5-6-17(9-14(15)16)8-13(11)7-12;1-10(2)12-4-3-11-5-6-15(14(17)9-16)8-13(11)7-12;1-10(2)11-5-6-12-8-14(15(3)4)9-13(12)7-11;1-6(2)7-3-4-8-9(5-7)11(14)12-10(8)13/h7-9,12,21H,10-11H2,1-6H3;7-9,12H,6,10-11H2,1-5H3;5-6,9,11,15H,7-8,10H2,1-4H3;3-4,7,10,14H,5-6,8-9H2,1-2H3;3-4,7,10,16H,5-6,8-9H2,1-2H3;5-7,10,14H,8-9H2,1-4H3;3-6H,1-2H3,(H,12,13,14). The Morgan fingerprint density at radius 2 is 0.829 bits per heavy atom. The Balaban J connectivity index is 0.000000171. The number of carbonyl (C=O) groups excluding carboxylic acids is 4. The van der Waals surface area contributed by atoms with Crippen molar-refractivity contribution in [2.24, 2.45) is 0 Å². The maximum absolute atomic E-state index is 12.4. The van der Waals surface area contributed by atoms with Gasteiger partial charge in [-0.25, -0.2) is 8.78 Å². The number of fused-ring (bicyclic) bond motifs is 7. The molecule has 5 aliphatic heterocycles. The van der Waals surface area contributed by atoms with Crippen LogP contribution in [0.2, 0.25) is 0 Å². The van der Waals surface area contributed by atoms with Gasteiger partial charge >= 0.3 is 0 Å². The first kappa shape index (κ1) is 94.7. The fourth-order valence-electron chi connectivity index (χ4n) is 17.1. The molecule has 2 atom stereocenters. The molecule has 5 heterocycles. The molecule has 15 heteroatoms. The molecule has 7 aromatic rings. The van der Waals surface area contributed by atoms with Gasteiger partial charge in [-0.3, -0.25) is 34.3 Å². The summed E-state index contributed by atoms with van der Waals surface area (Å²) in [5, 5.41) is 21.2. The van der Waals surface area contributed by atoms with E-state index in [1.165, 1.54) is 111 Å². The van der Waals surface area contributed by atoms with E-state index in [1.807, 2.05) is 11.0 Å². The number of alkyl halides is 2. The average molecular weight is 1600 g/mol. The summed E-state index contributed by atoms with van der Waals surface area (Å²) >= 11 is 0. The monoisotopic (exact) mass is 1600 g/mol. The Morgan fingerprint density at radius 1 is 0.453 bits per heavy atom. The van der Waals surface area contributed by atoms with Crippen LogP contribution < -0.4 is 5.32 Å². The van der Waals surface area contributed by atoms with E-state index in [4.69, 9.17) is 5.11 Å². The third-order valence-electron chi connectivity index (χ3n) is 24.8.